The van der Waals surface area contributed by atoms with Gasteiger partial charge in [-0.05, 0) is 23.8 Å². The molecule has 5 heteroatoms. The highest BCUT2D eigenvalue weighted by molar-refractivity contribution is 5.45. The van der Waals surface area contributed by atoms with E-state index in [1.54, 1.807) is 13.2 Å². The van der Waals surface area contributed by atoms with Gasteiger partial charge in [0.15, 0.2) is 0 Å². The number of rotatable bonds is 8. The molecule has 2 rings (SSSR count). The molecule has 2 aromatic carbocycles. The Bertz CT molecular complexity index is 680. The van der Waals surface area contributed by atoms with Crippen LogP contribution >= 0.6 is 0 Å². The highest BCUT2D eigenvalue weighted by Crippen LogP contribution is 2.20. The molecule has 0 unspecified atom stereocenters. The van der Waals surface area contributed by atoms with Gasteiger partial charge in [0.25, 0.3) is 0 Å². The minimum Gasteiger partial charge on any atom is -0.495 e. The maximum Gasteiger partial charge on any atom is 0.136 e. The molecule has 0 aliphatic carbocycles. The average Bonchev–Trinajstić information content (AvgIpc) is 2.60. The molecule has 0 heterocycles. The quantitative estimate of drug-likeness (QED) is 0.782. The van der Waals surface area contributed by atoms with Crippen molar-refractivity contribution in [3.05, 3.63) is 59.2 Å². The molecule has 23 heavy (non-hydrogen) atoms. The van der Waals surface area contributed by atoms with Crippen molar-refractivity contribution in [1.82, 2.24) is 5.32 Å². The fraction of sp³-hybridized carbons (Fsp3) is 0.278. The Morgan fingerprint density at radius 1 is 1.13 bits per heavy atom. The fourth-order valence-corrected chi connectivity index (χ4v) is 2.24. The van der Waals surface area contributed by atoms with Crippen LogP contribution in [0.1, 0.15) is 16.7 Å². The lowest BCUT2D eigenvalue weighted by molar-refractivity contribution is 0.200. The zero-order chi connectivity index (χ0) is 16.5. The third kappa shape index (κ3) is 4.71. The van der Waals surface area contributed by atoms with Gasteiger partial charge in [0.05, 0.1) is 19.3 Å². The van der Waals surface area contributed by atoms with E-state index in [0.29, 0.717) is 24.4 Å². The number of nitriles is 1. The van der Waals surface area contributed by atoms with Gasteiger partial charge in [0.1, 0.15) is 24.2 Å². The van der Waals surface area contributed by atoms with E-state index in [-0.39, 0.29) is 13.2 Å². The molecular formula is C18H20N2O3. The molecule has 0 amide bonds. The minimum absolute atomic E-state index is 0.00938. The van der Waals surface area contributed by atoms with Crippen LogP contribution in [0.5, 0.6) is 11.5 Å². The SMILES string of the molecule is COc1ccc(CNCc2ccccc2OCCO)cc1C#N. The summed E-state index contributed by atoms with van der Waals surface area (Å²) < 4.78 is 10.6. The van der Waals surface area contributed by atoms with Crippen molar-refractivity contribution >= 4 is 0 Å². The van der Waals surface area contributed by atoms with Gasteiger partial charge in [0, 0.05) is 18.7 Å². The molecule has 0 aliphatic rings. The van der Waals surface area contributed by atoms with Crippen molar-refractivity contribution in [2.45, 2.75) is 13.1 Å². The first kappa shape index (κ1) is 16.8. The van der Waals surface area contributed by atoms with Gasteiger partial charge < -0.3 is 19.9 Å². The summed E-state index contributed by atoms with van der Waals surface area (Å²) in [6.07, 6.45) is 0. The number of hydrogen-bond donors (Lipinski definition) is 2. The predicted molar refractivity (Wildman–Crippen MR) is 87.3 cm³/mol. The number of benzene rings is 2. The summed E-state index contributed by atoms with van der Waals surface area (Å²) in [5, 5.41) is 21.3. The number of ether oxygens (including phenoxy) is 2. The largest absolute Gasteiger partial charge is 0.495 e. The zero-order valence-electron chi connectivity index (χ0n) is 13.1. The summed E-state index contributed by atoms with van der Waals surface area (Å²) in [7, 11) is 1.55. The predicted octanol–water partition coefficient (Wildman–Crippen LogP) is 2.23. The van der Waals surface area contributed by atoms with Crippen LogP contribution in [-0.4, -0.2) is 25.4 Å². The minimum atomic E-state index is -0.00938. The third-order valence-corrected chi connectivity index (χ3v) is 3.35. The van der Waals surface area contributed by atoms with Crippen molar-refractivity contribution in [1.29, 1.82) is 5.26 Å². The molecular weight excluding hydrogens is 292 g/mol. The van der Waals surface area contributed by atoms with Crippen LogP contribution in [-0.2, 0) is 13.1 Å². The highest BCUT2D eigenvalue weighted by atomic mass is 16.5. The van der Waals surface area contributed by atoms with E-state index in [2.05, 4.69) is 11.4 Å². The number of aliphatic hydroxyl groups is 1. The average molecular weight is 312 g/mol. The number of nitrogens with zero attached hydrogens (tertiary/aromatic N) is 1. The Morgan fingerprint density at radius 2 is 1.96 bits per heavy atom. The van der Waals surface area contributed by atoms with Crippen LogP contribution in [0.4, 0.5) is 0 Å². The smallest absolute Gasteiger partial charge is 0.136 e. The number of aliphatic hydroxyl groups excluding tert-OH is 1. The Balaban J connectivity index is 1.96. The standard InChI is InChI=1S/C18H20N2O3/c1-22-17-7-6-14(10-16(17)11-19)12-20-13-15-4-2-3-5-18(15)23-9-8-21/h2-7,10,20-21H,8-9,12-13H2,1H3. The topological polar surface area (TPSA) is 74.5 Å². The molecule has 0 radical (unpaired) electrons. The second-order valence-electron chi connectivity index (χ2n) is 4.93. The van der Waals surface area contributed by atoms with Crippen molar-refractivity contribution < 1.29 is 14.6 Å². The normalized spacial score (nSPS) is 10.1. The zero-order valence-corrected chi connectivity index (χ0v) is 13.1. The Hall–Kier alpha value is -2.55. The summed E-state index contributed by atoms with van der Waals surface area (Å²) in [5.41, 5.74) is 2.56. The monoisotopic (exact) mass is 312 g/mol. The van der Waals surface area contributed by atoms with Crippen LogP contribution in [0.15, 0.2) is 42.5 Å². The van der Waals surface area contributed by atoms with Gasteiger partial charge in [0.2, 0.25) is 0 Å². The van der Waals surface area contributed by atoms with Gasteiger partial charge in [-0.3, -0.25) is 0 Å². The van der Waals surface area contributed by atoms with Gasteiger partial charge in [-0.15, -0.1) is 0 Å². The van der Waals surface area contributed by atoms with Crippen molar-refractivity contribution in [2.24, 2.45) is 0 Å². The molecule has 0 aromatic heterocycles. The Morgan fingerprint density at radius 3 is 2.70 bits per heavy atom. The van der Waals surface area contributed by atoms with E-state index in [4.69, 9.17) is 19.8 Å². The second kappa shape index (κ2) is 8.79. The van der Waals surface area contributed by atoms with Crippen molar-refractivity contribution in [3.8, 4) is 17.6 Å². The van der Waals surface area contributed by atoms with E-state index >= 15 is 0 Å². The lowest BCUT2D eigenvalue weighted by Gasteiger charge is -2.12. The van der Waals surface area contributed by atoms with Gasteiger partial charge in [-0.2, -0.15) is 5.26 Å². The van der Waals surface area contributed by atoms with E-state index in [0.717, 1.165) is 16.9 Å². The lowest BCUT2D eigenvalue weighted by atomic mass is 10.1. The van der Waals surface area contributed by atoms with Crippen LogP contribution < -0.4 is 14.8 Å². The maximum atomic E-state index is 9.11. The van der Waals surface area contributed by atoms with Gasteiger partial charge in [-0.1, -0.05) is 24.3 Å². The Labute approximate surface area is 136 Å². The summed E-state index contributed by atoms with van der Waals surface area (Å²) in [5.74, 6) is 1.35. The molecule has 0 saturated heterocycles. The number of nitrogens with one attached hydrogen (secondary N) is 1. The fourth-order valence-electron chi connectivity index (χ4n) is 2.24. The first-order chi connectivity index (χ1) is 11.3. The lowest BCUT2D eigenvalue weighted by Crippen LogP contribution is -2.14. The maximum absolute atomic E-state index is 9.11. The van der Waals surface area contributed by atoms with Crippen LogP contribution in [0.3, 0.4) is 0 Å². The first-order valence-electron chi connectivity index (χ1n) is 7.37. The van der Waals surface area contributed by atoms with E-state index in [9.17, 15) is 0 Å². The highest BCUT2D eigenvalue weighted by Gasteiger charge is 2.05. The van der Waals surface area contributed by atoms with E-state index < -0.39 is 0 Å². The molecule has 120 valence electrons. The van der Waals surface area contributed by atoms with Crippen molar-refractivity contribution in [2.75, 3.05) is 20.3 Å². The van der Waals surface area contributed by atoms with Crippen molar-refractivity contribution in [3.63, 3.8) is 0 Å². The molecule has 0 spiro atoms. The number of hydrogen-bond acceptors (Lipinski definition) is 5. The summed E-state index contributed by atoms with van der Waals surface area (Å²) in [6.45, 7) is 1.54. The number of para-hydroxylation sites is 1. The van der Waals surface area contributed by atoms with Crippen LogP contribution in [0.25, 0.3) is 0 Å². The summed E-state index contributed by atoms with van der Waals surface area (Å²) >= 11 is 0. The van der Waals surface area contributed by atoms with Crippen LogP contribution in [0.2, 0.25) is 0 Å². The van der Waals surface area contributed by atoms with Gasteiger partial charge in [-0.25, -0.2) is 0 Å². The molecule has 0 aliphatic heterocycles. The molecule has 0 fully saturated rings. The number of methoxy groups -OCH3 is 1. The van der Waals surface area contributed by atoms with Crippen LogP contribution in [0, 0.1) is 11.3 Å². The third-order valence-electron chi connectivity index (χ3n) is 3.35. The molecule has 0 atom stereocenters. The van der Waals surface area contributed by atoms with Gasteiger partial charge >= 0.3 is 0 Å². The second-order valence-corrected chi connectivity index (χ2v) is 4.93. The molecule has 0 bridgehead atoms. The molecule has 5 nitrogen and oxygen atoms in total. The van der Waals surface area contributed by atoms with E-state index in [1.807, 2.05) is 36.4 Å². The summed E-state index contributed by atoms with van der Waals surface area (Å²) in [4.78, 5) is 0. The molecule has 2 N–H and O–H groups in total. The molecule has 2 aromatic rings. The first-order valence-corrected chi connectivity index (χ1v) is 7.37. The Kier molecular flexibility index (Phi) is 6.42. The van der Waals surface area contributed by atoms with E-state index in [1.165, 1.54) is 0 Å². The molecule has 0 saturated carbocycles. The summed E-state index contributed by atoms with van der Waals surface area (Å²) in [6, 6.07) is 15.4.